The van der Waals surface area contributed by atoms with E-state index in [2.05, 4.69) is 32.0 Å². The number of nitrogens with zero attached hydrogens (tertiary/aromatic N) is 2. The number of benzene rings is 1. The molecule has 18 heavy (non-hydrogen) atoms. The highest BCUT2D eigenvalue weighted by Gasteiger charge is 2.14. The Labute approximate surface area is 113 Å². The van der Waals surface area contributed by atoms with E-state index in [1.165, 1.54) is 5.56 Å². The minimum atomic E-state index is 0.467. The number of halogens is 1. The molecule has 0 saturated carbocycles. The second-order valence-corrected chi connectivity index (χ2v) is 5.05. The van der Waals surface area contributed by atoms with E-state index in [0.29, 0.717) is 11.6 Å². The van der Waals surface area contributed by atoms with Gasteiger partial charge in [0.1, 0.15) is 11.6 Å². The molecule has 1 aliphatic rings. The molecule has 2 aromatic rings. The number of nitrogens with two attached hydrogens (primary N) is 1. The van der Waals surface area contributed by atoms with Crippen molar-refractivity contribution in [3.8, 4) is 17.1 Å². The maximum atomic E-state index is 5.85. The van der Waals surface area contributed by atoms with Crippen LogP contribution in [0.25, 0.3) is 11.4 Å². The third kappa shape index (κ3) is 1.84. The zero-order valence-corrected chi connectivity index (χ0v) is 11.5. The number of aromatic nitrogens is 2. The first kappa shape index (κ1) is 11.5. The van der Waals surface area contributed by atoms with Crippen molar-refractivity contribution in [2.75, 3.05) is 12.3 Å². The van der Waals surface area contributed by atoms with Crippen LogP contribution in [-0.4, -0.2) is 16.6 Å². The van der Waals surface area contributed by atoms with Crippen LogP contribution in [0.1, 0.15) is 11.3 Å². The van der Waals surface area contributed by atoms with Crippen LogP contribution in [0, 0.1) is 6.92 Å². The quantitative estimate of drug-likeness (QED) is 0.880. The summed E-state index contributed by atoms with van der Waals surface area (Å²) in [5, 5.41) is 0. The predicted molar refractivity (Wildman–Crippen MR) is 73.5 cm³/mol. The Bertz CT molecular complexity index is 605. The summed E-state index contributed by atoms with van der Waals surface area (Å²) in [5.41, 5.74) is 8.87. The van der Waals surface area contributed by atoms with Gasteiger partial charge >= 0.3 is 0 Å². The van der Waals surface area contributed by atoms with Gasteiger partial charge in [-0.25, -0.2) is 9.97 Å². The Hall–Kier alpha value is -1.62. The summed E-state index contributed by atoms with van der Waals surface area (Å²) in [6, 6.07) is 6.01. The first-order chi connectivity index (χ1) is 8.65. The molecule has 0 saturated heterocycles. The summed E-state index contributed by atoms with van der Waals surface area (Å²) in [4.78, 5) is 8.76. The molecular formula is C13H12BrN3O. The molecule has 0 atom stereocenters. The molecule has 92 valence electrons. The molecule has 1 aliphatic heterocycles. The zero-order chi connectivity index (χ0) is 12.7. The molecule has 1 aromatic heterocycles. The van der Waals surface area contributed by atoms with Crippen molar-refractivity contribution in [2.24, 2.45) is 0 Å². The van der Waals surface area contributed by atoms with E-state index in [-0.39, 0.29) is 0 Å². The van der Waals surface area contributed by atoms with E-state index >= 15 is 0 Å². The topological polar surface area (TPSA) is 61.0 Å². The lowest BCUT2D eigenvalue weighted by Gasteiger charge is -2.07. The average Bonchev–Trinajstić information content (AvgIpc) is 2.82. The fraction of sp³-hybridized carbons (Fsp3) is 0.231. The highest BCUT2D eigenvalue weighted by atomic mass is 79.9. The monoisotopic (exact) mass is 305 g/mol. The van der Waals surface area contributed by atoms with E-state index in [9.17, 15) is 0 Å². The molecule has 4 nitrogen and oxygen atoms in total. The van der Waals surface area contributed by atoms with Crippen LogP contribution >= 0.6 is 15.9 Å². The molecule has 0 spiro atoms. The van der Waals surface area contributed by atoms with E-state index in [1.54, 1.807) is 0 Å². The molecule has 0 amide bonds. The fourth-order valence-corrected chi connectivity index (χ4v) is 2.21. The summed E-state index contributed by atoms with van der Waals surface area (Å²) in [6.45, 7) is 2.66. The summed E-state index contributed by atoms with van der Waals surface area (Å²) >= 11 is 3.37. The Morgan fingerprint density at radius 3 is 2.94 bits per heavy atom. The van der Waals surface area contributed by atoms with Gasteiger partial charge in [-0.2, -0.15) is 0 Å². The number of hydrogen-bond donors (Lipinski definition) is 1. The van der Waals surface area contributed by atoms with Crippen molar-refractivity contribution < 1.29 is 4.74 Å². The standard InChI is InChI=1S/C13H12BrN3O/c1-7-11(14)12(15)17-13(16-7)9-2-3-10-8(6-9)4-5-18-10/h2-3,6H,4-5H2,1H3,(H2,15,16,17). The SMILES string of the molecule is Cc1nc(-c2ccc3c(c2)CCO3)nc(N)c1Br. The molecule has 2 N–H and O–H groups in total. The van der Waals surface area contributed by atoms with Crippen molar-refractivity contribution in [3.63, 3.8) is 0 Å². The molecule has 3 rings (SSSR count). The van der Waals surface area contributed by atoms with Crippen LogP contribution in [0.4, 0.5) is 5.82 Å². The van der Waals surface area contributed by atoms with Crippen molar-refractivity contribution in [1.29, 1.82) is 0 Å². The number of ether oxygens (including phenoxy) is 1. The molecule has 0 radical (unpaired) electrons. The van der Waals surface area contributed by atoms with Gasteiger partial charge in [-0.3, -0.25) is 0 Å². The van der Waals surface area contributed by atoms with Gasteiger partial charge in [0.2, 0.25) is 0 Å². The number of nitrogen functional groups attached to an aromatic ring is 1. The van der Waals surface area contributed by atoms with Crippen LogP contribution in [0.15, 0.2) is 22.7 Å². The Morgan fingerprint density at radius 2 is 2.17 bits per heavy atom. The van der Waals surface area contributed by atoms with Crippen molar-refractivity contribution in [2.45, 2.75) is 13.3 Å². The molecule has 2 heterocycles. The maximum Gasteiger partial charge on any atom is 0.161 e. The first-order valence-corrected chi connectivity index (χ1v) is 6.50. The number of fused-ring (bicyclic) bond motifs is 1. The summed E-state index contributed by atoms with van der Waals surface area (Å²) in [7, 11) is 0. The number of hydrogen-bond acceptors (Lipinski definition) is 4. The average molecular weight is 306 g/mol. The van der Waals surface area contributed by atoms with Crippen LogP contribution in [0.2, 0.25) is 0 Å². The lowest BCUT2D eigenvalue weighted by Crippen LogP contribution is -2.00. The van der Waals surface area contributed by atoms with Crippen LogP contribution in [0.3, 0.4) is 0 Å². The van der Waals surface area contributed by atoms with Gasteiger partial charge in [-0.15, -0.1) is 0 Å². The Morgan fingerprint density at radius 1 is 1.33 bits per heavy atom. The second kappa shape index (κ2) is 4.24. The zero-order valence-electron chi connectivity index (χ0n) is 9.90. The van der Waals surface area contributed by atoms with Gasteiger partial charge < -0.3 is 10.5 Å². The van der Waals surface area contributed by atoms with Crippen LogP contribution < -0.4 is 10.5 Å². The first-order valence-electron chi connectivity index (χ1n) is 5.71. The molecule has 1 aromatic carbocycles. The molecule has 5 heteroatoms. The van der Waals surface area contributed by atoms with Crippen LogP contribution in [-0.2, 0) is 6.42 Å². The summed E-state index contributed by atoms with van der Waals surface area (Å²) in [6.07, 6.45) is 0.939. The Balaban J connectivity index is 2.10. The highest BCUT2D eigenvalue weighted by Crippen LogP contribution is 2.30. The van der Waals surface area contributed by atoms with E-state index in [0.717, 1.165) is 34.5 Å². The summed E-state index contributed by atoms with van der Waals surface area (Å²) < 4.78 is 6.24. The predicted octanol–water partition coefficient (Wildman–Crippen LogP) is 2.73. The lowest BCUT2D eigenvalue weighted by atomic mass is 10.1. The van der Waals surface area contributed by atoms with Gasteiger partial charge in [-0.1, -0.05) is 0 Å². The molecule has 0 fully saturated rings. The number of anilines is 1. The normalized spacial score (nSPS) is 13.2. The molecule has 0 bridgehead atoms. The lowest BCUT2D eigenvalue weighted by molar-refractivity contribution is 0.357. The van der Waals surface area contributed by atoms with E-state index in [1.807, 2.05) is 19.1 Å². The van der Waals surface area contributed by atoms with E-state index in [4.69, 9.17) is 10.5 Å². The smallest absolute Gasteiger partial charge is 0.161 e. The molecule has 0 unspecified atom stereocenters. The second-order valence-electron chi connectivity index (χ2n) is 4.25. The van der Waals surface area contributed by atoms with Crippen molar-refractivity contribution >= 4 is 21.7 Å². The van der Waals surface area contributed by atoms with Gasteiger partial charge in [0.05, 0.1) is 16.8 Å². The minimum Gasteiger partial charge on any atom is -0.493 e. The number of aryl methyl sites for hydroxylation is 1. The highest BCUT2D eigenvalue weighted by molar-refractivity contribution is 9.10. The van der Waals surface area contributed by atoms with Crippen molar-refractivity contribution in [1.82, 2.24) is 9.97 Å². The van der Waals surface area contributed by atoms with Crippen molar-refractivity contribution in [3.05, 3.63) is 33.9 Å². The summed E-state index contributed by atoms with van der Waals surface area (Å²) in [5.74, 6) is 2.08. The molecular weight excluding hydrogens is 294 g/mol. The fourth-order valence-electron chi connectivity index (χ4n) is 2.04. The maximum absolute atomic E-state index is 5.85. The molecule has 0 aliphatic carbocycles. The van der Waals surface area contributed by atoms with Gasteiger partial charge in [0.25, 0.3) is 0 Å². The number of rotatable bonds is 1. The van der Waals surface area contributed by atoms with Gasteiger partial charge in [0, 0.05) is 12.0 Å². The van der Waals surface area contributed by atoms with Gasteiger partial charge in [0.15, 0.2) is 5.82 Å². The largest absolute Gasteiger partial charge is 0.493 e. The minimum absolute atomic E-state index is 0.467. The third-order valence-corrected chi connectivity index (χ3v) is 3.97. The Kier molecular flexibility index (Phi) is 2.70. The van der Waals surface area contributed by atoms with Gasteiger partial charge in [-0.05, 0) is 46.6 Å². The van der Waals surface area contributed by atoms with E-state index < -0.39 is 0 Å². The van der Waals surface area contributed by atoms with Crippen LogP contribution in [0.5, 0.6) is 5.75 Å². The third-order valence-electron chi connectivity index (χ3n) is 2.99.